The number of anilines is 1. The maximum atomic E-state index is 13.6. The summed E-state index contributed by atoms with van der Waals surface area (Å²) in [5.41, 5.74) is 0.484. The lowest BCUT2D eigenvalue weighted by molar-refractivity contribution is 0.136. The first-order valence-corrected chi connectivity index (χ1v) is 5.43. The average Bonchev–Trinajstić information content (AvgIpc) is 2.30. The zero-order valence-electron chi connectivity index (χ0n) is 9.51. The molecule has 0 aliphatic carbocycles. The van der Waals surface area contributed by atoms with Crippen molar-refractivity contribution < 1.29 is 14.3 Å². The predicted molar refractivity (Wildman–Crippen MR) is 60.6 cm³/mol. The van der Waals surface area contributed by atoms with Crippen LogP contribution in [0, 0.1) is 5.82 Å². The molecule has 1 aromatic heterocycles. The topological polar surface area (TPSA) is 56.7 Å². The summed E-state index contributed by atoms with van der Waals surface area (Å²) in [5.74, 6) is -0.372. The van der Waals surface area contributed by atoms with Crippen molar-refractivity contribution in [2.24, 2.45) is 0 Å². The minimum Gasteiger partial charge on any atom is -0.465 e. The molecule has 0 saturated carbocycles. The van der Waals surface area contributed by atoms with Crippen molar-refractivity contribution in [3.63, 3.8) is 0 Å². The Morgan fingerprint density at radius 2 is 2.35 bits per heavy atom. The monoisotopic (exact) mass is 239 g/mol. The molecule has 0 bridgehead atoms. The molecule has 2 rings (SSSR count). The van der Waals surface area contributed by atoms with Gasteiger partial charge >= 0.3 is 6.09 Å². The first-order chi connectivity index (χ1) is 8.09. The van der Waals surface area contributed by atoms with Gasteiger partial charge in [-0.05, 0) is 13.0 Å². The van der Waals surface area contributed by atoms with Gasteiger partial charge in [-0.1, -0.05) is 0 Å². The van der Waals surface area contributed by atoms with E-state index in [1.165, 1.54) is 17.3 Å². The van der Waals surface area contributed by atoms with Crippen LogP contribution >= 0.6 is 0 Å². The third-order valence-corrected chi connectivity index (χ3v) is 2.96. The maximum Gasteiger partial charge on any atom is 0.407 e. The Labute approximate surface area is 98.5 Å². The minimum absolute atomic E-state index is 0.0447. The normalized spacial score (nSPS) is 20.5. The molecule has 92 valence electrons. The Morgan fingerprint density at radius 3 is 2.94 bits per heavy atom. The Bertz CT molecular complexity index is 427. The number of halogens is 1. The molecule has 1 aliphatic heterocycles. The van der Waals surface area contributed by atoms with Crippen LogP contribution in [0.25, 0.3) is 0 Å². The number of pyridine rings is 1. The van der Waals surface area contributed by atoms with Gasteiger partial charge in [0.15, 0.2) is 5.82 Å². The van der Waals surface area contributed by atoms with Crippen molar-refractivity contribution in [1.82, 2.24) is 9.88 Å². The molecule has 1 aromatic rings. The predicted octanol–water partition coefficient (Wildman–Crippen LogP) is 1.41. The largest absolute Gasteiger partial charge is 0.465 e. The lowest BCUT2D eigenvalue weighted by Gasteiger charge is -2.40. The number of hydrogen-bond acceptors (Lipinski definition) is 3. The van der Waals surface area contributed by atoms with Crippen LogP contribution in [-0.2, 0) is 0 Å². The second-order valence-corrected chi connectivity index (χ2v) is 4.10. The molecule has 1 unspecified atom stereocenters. The Hall–Kier alpha value is -1.85. The zero-order valence-corrected chi connectivity index (χ0v) is 9.51. The lowest BCUT2D eigenvalue weighted by atomic mass is 10.1. The molecule has 1 atom stereocenters. The summed E-state index contributed by atoms with van der Waals surface area (Å²) in [6, 6.07) is 1.57. The maximum absolute atomic E-state index is 13.6. The Balaban J connectivity index is 2.15. The van der Waals surface area contributed by atoms with E-state index in [2.05, 4.69) is 4.98 Å². The first-order valence-electron chi connectivity index (χ1n) is 5.43. The number of aromatic nitrogens is 1. The van der Waals surface area contributed by atoms with Crippen molar-refractivity contribution in [2.45, 2.75) is 13.0 Å². The first kappa shape index (κ1) is 11.6. The van der Waals surface area contributed by atoms with Gasteiger partial charge in [-0.25, -0.2) is 9.18 Å². The second-order valence-electron chi connectivity index (χ2n) is 4.10. The molecule has 1 fully saturated rings. The molecule has 1 amide bonds. The summed E-state index contributed by atoms with van der Waals surface area (Å²) in [6.07, 6.45) is 1.78. The lowest BCUT2D eigenvalue weighted by Crippen LogP contribution is -2.53. The number of carbonyl (C=O) groups is 1. The summed E-state index contributed by atoms with van der Waals surface area (Å²) in [4.78, 5) is 17.8. The molecule has 2 heterocycles. The molecule has 0 radical (unpaired) electrons. The number of piperazine rings is 1. The van der Waals surface area contributed by atoms with Gasteiger partial charge in [0.1, 0.15) is 0 Å². The van der Waals surface area contributed by atoms with E-state index in [1.54, 1.807) is 6.07 Å². The van der Waals surface area contributed by atoms with Crippen molar-refractivity contribution in [3.8, 4) is 0 Å². The fraction of sp³-hybridized carbons (Fsp3) is 0.455. The van der Waals surface area contributed by atoms with E-state index in [4.69, 9.17) is 5.11 Å². The molecule has 1 aliphatic rings. The second kappa shape index (κ2) is 4.57. The van der Waals surface area contributed by atoms with Crippen LogP contribution in [0.2, 0.25) is 0 Å². The molecule has 0 aromatic carbocycles. The van der Waals surface area contributed by atoms with Gasteiger partial charge in [0.25, 0.3) is 0 Å². The highest BCUT2D eigenvalue weighted by Crippen LogP contribution is 2.22. The third kappa shape index (κ3) is 2.30. The van der Waals surface area contributed by atoms with Gasteiger partial charge in [0.2, 0.25) is 0 Å². The van der Waals surface area contributed by atoms with Gasteiger partial charge in [-0.2, -0.15) is 0 Å². The van der Waals surface area contributed by atoms with Gasteiger partial charge < -0.3 is 14.9 Å². The van der Waals surface area contributed by atoms with Crippen molar-refractivity contribution >= 4 is 11.8 Å². The zero-order chi connectivity index (χ0) is 12.4. The standard InChI is InChI=1S/C11H14FN3O2/c1-8-7-14(11(16)17)4-5-15(8)10-2-3-13-6-9(10)12/h2-3,6,8H,4-5,7H2,1H3,(H,16,17). The van der Waals surface area contributed by atoms with Crippen LogP contribution in [0.1, 0.15) is 6.92 Å². The van der Waals surface area contributed by atoms with Gasteiger partial charge in [-0.3, -0.25) is 4.98 Å². The number of nitrogens with zero attached hydrogens (tertiary/aromatic N) is 3. The number of amides is 1. The van der Waals surface area contributed by atoms with Crippen molar-refractivity contribution in [2.75, 3.05) is 24.5 Å². The summed E-state index contributed by atoms with van der Waals surface area (Å²) < 4.78 is 13.6. The van der Waals surface area contributed by atoms with Crippen LogP contribution in [0.4, 0.5) is 14.9 Å². The van der Waals surface area contributed by atoms with E-state index in [1.807, 2.05) is 11.8 Å². The molecule has 0 spiro atoms. The van der Waals surface area contributed by atoms with Crippen LogP contribution in [0.15, 0.2) is 18.5 Å². The van der Waals surface area contributed by atoms with E-state index >= 15 is 0 Å². The highest BCUT2D eigenvalue weighted by Gasteiger charge is 2.27. The van der Waals surface area contributed by atoms with E-state index < -0.39 is 6.09 Å². The molecule has 17 heavy (non-hydrogen) atoms. The Morgan fingerprint density at radius 1 is 1.59 bits per heavy atom. The minimum atomic E-state index is -0.924. The molecule has 1 saturated heterocycles. The third-order valence-electron chi connectivity index (χ3n) is 2.96. The number of rotatable bonds is 1. The number of carboxylic acid groups (broad SMARTS) is 1. The van der Waals surface area contributed by atoms with Gasteiger partial charge in [0.05, 0.1) is 11.9 Å². The van der Waals surface area contributed by atoms with E-state index in [0.717, 1.165) is 0 Å². The highest BCUT2D eigenvalue weighted by atomic mass is 19.1. The smallest absolute Gasteiger partial charge is 0.407 e. The quantitative estimate of drug-likeness (QED) is 0.805. The SMILES string of the molecule is CC1CN(C(=O)O)CCN1c1ccncc1F. The van der Waals surface area contributed by atoms with Crippen molar-refractivity contribution in [3.05, 3.63) is 24.3 Å². The molecule has 6 heteroatoms. The summed E-state index contributed by atoms with van der Waals surface area (Å²) in [6.45, 7) is 3.15. The number of hydrogen-bond donors (Lipinski definition) is 1. The van der Waals surface area contributed by atoms with Crippen molar-refractivity contribution in [1.29, 1.82) is 0 Å². The Kier molecular flexibility index (Phi) is 3.12. The summed E-state index contributed by atoms with van der Waals surface area (Å²) in [7, 11) is 0. The highest BCUT2D eigenvalue weighted by molar-refractivity contribution is 5.65. The molecule has 1 N–H and O–H groups in total. The van der Waals surface area contributed by atoms with Crippen LogP contribution in [0.3, 0.4) is 0 Å². The summed E-state index contributed by atoms with van der Waals surface area (Å²) in [5, 5.41) is 8.89. The molecular weight excluding hydrogens is 225 g/mol. The molecule has 5 nitrogen and oxygen atoms in total. The van der Waals surface area contributed by atoms with E-state index in [0.29, 0.717) is 25.3 Å². The van der Waals surface area contributed by atoms with Gasteiger partial charge in [-0.15, -0.1) is 0 Å². The van der Waals surface area contributed by atoms with Gasteiger partial charge in [0, 0.05) is 31.9 Å². The fourth-order valence-electron chi connectivity index (χ4n) is 2.09. The van der Waals surface area contributed by atoms with Crippen LogP contribution in [0.5, 0.6) is 0 Å². The molecular formula is C11H14FN3O2. The fourth-order valence-corrected chi connectivity index (χ4v) is 2.09. The average molecular weight is 239 g/mol. The van der Waals surface area contributed by atoms with E-state index in [-0.39, 0.29) is 11.9 Å². The van der Waals surface area contributed by atoms with Crippen LogP contribution < -0.4 is 4.90 Å². The summed E-state index contributed by atoms with van der Waals surface area (Å²) >= 11 is 0. The van der Waals surface area contributed by atoms with Crippen LogP contribution in [-0.4, -0.2) is 46.8 Å². The van der Waals surface area contributed by atoms with E-state index in [9.17, 15) is 9.18 Å².